The summed E-state index contributed by atoms with van der Waals surface area (Å²) in [6.45, 7) is 2.36. The van der Waals surface area contributed by atoms with Crippen LogP contribution in [0.4, 0.5) is 5.69 Å². The molecule has 0 N–H and O–H groups in total. The maximum Gasteiger partial charge on any atom is 0.119 e. The average Bonchev–Trinajstić information content (AvgIpc) is 3.27. The molecule has 0 radical (unpaired) electrons. The monoisotopic (exact) mass is 433 g/mol. The van der Waals surface area contributed by atoms with Gasteiger partial charge in [0.15, 0.2) is 0 Å². The van der Waals surface area contributed by atoms with Crippen molar-refractivity contribution in [2.45, 2.75) is 37.5 Å². The van der Waals surface area contributed by atoms with E-state index in [0.29, 0.717) is 0 Å². The summed E-state index contributed by atoms with van der Waals surface area (Å²) >= 11 is 0. The molecular formula is C31H31NO. The lowest BCUT2D eigenvalue weighted by molar-refractivity contribution is 0.414. The molecule has 1 atom stereocenters. The second-order valence-corrected chi connectivity index (χ2v) is 9.69. The molecule has 0 amide bonds. The maximum atomic E-state index is 5.48. The van der Waals surface area contributed by atoms with Gasteiger partial charge >= 0.3 is 0 Å². The molecular weight excluding hydrogens is 402 g/mol. The predicted molar refractivity (Wildman–Crippen MR) is 137 cm³/mol. The number of allylic oxidation sites excluding steroid dienone is 3. The highest BCUT2D eigenvalue weighted by atomic mass is 16.5. The molecule has 1 fully saturated rings. The number of hydrogen-bond donors (Lipinski definition) is 0. The largest absolute Gasteiger partial charge is 0.497 e. The molecule has 1 aliphatic heterocycles. The van der Waals surface area contributed by atoms with E-state index in [2.05, 4.69) is 89.8 Å². The Balaban J connectivity index is 1.41. The minimum absolute atomic E-state index is 0.116. The van der Waals surface area contributed by atoms with E-state index in [1.165, 1.54) is 71.4 Å². The van der Waals surface area contributed by atoms with Gasteiger partial charge in [-0.3, -0.25) is 0 Å². The van der Waals surface area contributed by atoms with Gasteiger partial charge in [-0.25, -0.2) is 0 Å². The van der Waals surface area contributed by atoms with E-state index in [-0.39, 0.29) is 5.41 Å². The second-order valence-electron chi connectivity index (χ2n) is 9.69. The lowest BCUT2D eigenvalue weighted by Gasteiger charge is -2.32. The van der Waals surface area contributed by atoms with Gasteiger partial charge in [0.25, 0.3) is 0 Å². The Bertz CT molecular complexity index is 1220. The van der Waals surface area contributed by atoms with E-state index in [9.17, 15) is 0 Å². The second kappa shape index (κ2) is 8.26. The molecule has 0 aromatic heterocycles. The minimum Gasteiger partial charge on any atom is -0.497 e. The van der Waals surface area contributed by atoms with Crippen LogP contribution in [0.5, 0.6) is 5.75 Å². The van der Waals surface area contributed by atoms with Gasteiger partial charge in [0.2, 0.25) is 0 Å². The number of fused-ring (bicyclic) bond motifs is 2. The van der Waals surface area contributed by atoms with Gasteiger partial charge in [-0.05, 0) is 89.8 Å². The summed E-state index contributed by atoms with van der Waals surface area (Å²) in [6.07, 6.45) is 10.9. The standard InChI is InChI=1S/C31H31NO/c1-33-30-15-10-23-18-25-21-31(27-8-4-2-5-9-27,22-26(25)19-24(23)20-30)28-11-13-29(14-12-28)32-16-6-3-7-17-32/h2,4-5,8-15,19-21H,3,6-7,16-18,22H2,1H3. The molecule has 2 nitrogen and oxygen atoms in total. The lowest BCUT2D eigenvalue weighted by Crippen LogP contribution is -2.29. The number of piperidine rings is 1. The number of ether oxygens (including phenoxy) is 1. The highest BCUT2D eigenvalue weighted by Crippen LogP contribution is 2.50. The number of rotatable bonds is 4. The fraction of sp³-hybridized carbons (Fsp3) is 0.290. The number of nitrogens with zero attached hydrogens (tertiary/aromatic N) is 1. The summed E-state index contributed by atoms with van der Waals surface area (Å²) in [6, 6.07) is 27.0. The zero-order chi connectivity index (χ0) is 22.3. The molecule has 2 heteroatoms. The third-order valence-corrected chi connectivity index (χ3v) is 7.76. The van der Waals surface area contributed by atoms with Crippen LogP contribution in [-0.2, 0) is 11.8 Å². The third-order valence-electron chi connectivity index (χ3n) is 7.76. The zero-order valence-corrected chi connectivity index (χ0v) is 19.4. The van der Waals surface area contributed by atoms with Crippen molar-refractivity contribution in [3.05, 3.63) is 112 Å². The van der Waals surface area contributed by atoms with Crippen molar-refractivity contribution in [2.24, 2.45) is 0 Å². The fourth-order valence-electron chi connectivity index (χ4n) is 5.95. The first-order valence-corrected chi connectivity index (χ1v) is 12.3. The molecule has 166 valence electrons. The van der Waals surface area contributed by atoms with Crippen molar-refractivity contribution >= 4 is 11.8 Å². The summed E-state index contributed by atoms with van der Waals surface area (Å²) in [7, 11) is 1.74. The van der Waals surface area contributed by atoms with E-state index in [0.717, 1.165) is 18.6 Å². The van der Waals surface area contributed by atoms with Gasteiger partial charge in [0.05, 0.1) is 7.11 Å². The van der Waals surface area contributed by atoms with Crippen LogP contribution < -0.4 is 9.64 Å². The van der Waals surface area contributed by atoms with Crippen LogP contribution in [0.25, 0.3) is 6.08 Å². The Morgan fingerprint density at radius 1 is 0.788 bits per heavy atom. The Morgan fingerprint density at radius 3 is 2.30 bits per heavy atom. The Kier molecular flexibility index (Phi) is 5.10. The number of benzene rings is 3. The van der Waals surface area contributed by atoms with Gasteiger partial charge < -0.3 is 9.64 Å². The van der Waals surface area contributed by atoms with Crippen LogP contribution in [0.3, 0.4) is 0 Å². The maximum absolute atomic E-state index is 5.48. The van der Waals surface area contributed by atoms with Crippen molar-refractivity contribution in [2.75, 3.05) is 25.1 Å². The lowest BCUT2D eigenvalue weighted by atomic mass is 9.73. The van der Waals surface area contributed by atoms with E-state index >= 15 is 0 Å². The molecule has 3 aromatic rings. The van der Waals surface area contributed by atoms with Crippen molar-refractivity contribution in [3.8, 4) is 5.75 Å². The Morgan fingerprint density at radius 2 is 1.55 bits per heavy atom. The van der Waals surface area contributed by atoms with Crippen LogP contribution in [0.1, 0.15) is 47.9 Å². The normalized spacial score (nSPS) is 21.7. The number of methoxy groups -OCH3 is 1. The van der Waals surface area contributed by atoms with Crippen LogP contribution in [0.2, 0.25) is 0 Å². The van der Waals surface area contributed by atoms with Crippen LogP contribution in [-0.4, -0.2) is 20.2 Å². The summed E-state index contributed by atoms with van der Waals surface area (Å²) in [4.78, 5) is 2.54. The summed E-state index contributed by atoms with van der Waals surface area (Å²) < 4.78 is 5.48. The molecule has 1 saturated heterocycles. The van der Waals surface area contributed by atoms with E-state index in [1.807, 2.05) is 0 Å². The first-order valence-electron chi connectivity index (χ1n) is 12.3. The topological polar surface area (TPSA) is 12.5 Å². The Labute approximate surface area is 197 Å². The van der Waals surface area contributed by atoms with Gasteiger partial charge in [-0.1, -0.05) is 60.7 Å². The highest BCUT2D eigenvalue weighted by molar-refractivity contribution is 5.72. The smallest absolute Gasteiger partial charge is 0.119 e. The number of hydrogen-bond acceptors (Lipinski definition) is 2. The van der Waals surface area contributed by atoms with E-state index in [4.69, 9.17) is 4.74 Å². The van der Waals surface area contributed by atoms with Gasteiger partial charge in [-0.2, -0.15) is 0 Å². The summed E-state index contributed by atoms with van der Waals surface area (Å²) in [5.74, 6) is 0.929. The van der Waals surface area contributed by atoms with Crippen LogP contribution >= 0.6 is 0 Å². The molecule has 2 aliphatic carbocycles. The molecule has 1 unspecified atom stereocenters. The fourth-order valence-corrected chi connectivity index (χ4v) is 5.95. The SMILES string of the molecule is COc1ccc2c(c1)C=C1CC(c3ccccc3)(c3ccc(N4CCCCC4)cc3)C=C1C2. The first kappa shape index (κ1) is 20.4. The van der Waals surface area contributed by atoms with Crippen LogP contribution in [0, 0.1) is 0 Å². The third kappa shape index (κ3) is 3.58. The van der Waals surface area contributed by atoms with Gasteiger partial charge in [-0.15, -0.1) is 0 Å². The van der Waals surface area contributed by atoms with Gasteiger partial charge in [0, 0.05) is 24.2 Å². The van der Waals surface area contributed by atoms with E-state index < -0.39 is 0 Å². The van der Waals surface area contributed by atoms with Gasteiger partial charge in [0.1, 0.15) is 5.75 Å². The molecule has 0 spiro atoms. The summed E-state index contributed by atoms with van der Waals surface area (Å²) in [5.41, 5.74) is 9.62. The highest BCUT2D eigenvalue weighted by Gasteiger charge is 2.40. The predicted octanol–water partition coefficient (Wildman–Crippen LogP) is 6.94. The summed E-state index contributed by atoms with van der Waals surface area (Å²) in [5, 5.41) is 0. The van der Waals surface area contributed by atoms with Crippen LogP contribution in [0.15, 0.2) is 90.0 Å². The molecule has 33 heavy (non-hydrogen) atoms. The number of anilines is 1. The Hall–Kier alpha value is -3.26. The molecule has 6 rings (SSSR count). The van der Waals surface area contributed by atoms with Crippen molar-refractivity contribution in [1.29, 1.82) is 0 Å². The average molecular weight is 434 g/mol. The molecule has 3 aromatic carbocycles. The zero-order valence-electron chi connectivity index (χ0n) is 19.4. The minimum atomic E-state index is -0.116. The molecule has 3 aliphatic rings. The molecule has 1 heterocycles. The van der Waals surface area contributed by atoms with Crippen molar-refractivity contribution in [3.63, 3.8) is 0 Å². The quantitative estimate of drug-likeness (QED) is 0.442. The molecule has 0 saturated carbocycles. The van der Waals surface area contributed by atoms with E-state index in [1.54, 1.807) is 7.11 Å². The first-order chi connectivity index (χ1) is 16.2. The van der Waals surface area contributed by atoms with Crippen molar-refractivity contribution in [1.82, 2.24) is 0 Å². The molecule has 0 bridgehead atoms. The van der Waals surface area contributed by atoms with Crippen molar-refractivity contribution < 1.29 is 4.74 Å².